The van der Waals surface area contributed by atoms with Crippen LogP contribution < -0.4 is 20.7 Å². The first kappa shape index (κ1) is 19.2. The van der Waals surface area contributed by atoms with Gasteiger partial charge in [0.05, 0.1) is 17.3 Å². The Labute approximate surface area is 169 Å². The van der Waals surface area contributed by atoms with Crippen molar-refractivity contribution in [3.63, 3.8) is 0 Å². The third-order valence-corrected chi connectivity index (χ3v) is 5.28. The summed E-state index contributed by atoms with van der Waals surface area (Å²) in [5.74, 6) is 0.0938. The Morgan fingerprint density at radius 3 is 2.69 bits per heavy atom. The maximum Gasteiger partial charge on any atom is 0.275 e. The summed E-state index contributed by atoms with van der Waals surface area (Å²) in [5.41, 5.74) is 0.629. The zero-order valence-corrected chi connectivity index (χ0v) is 16.4. The number of para-hydroxylation sites is 1. The van der Waals surface area contributed by atoms with E-state index in [4.69, 9.17) is 4.74 Å². The average Bonchev–Trinajstić information content (AvgIpc) is 3.12. The summed E-state index contributed by atoms with van der Waals surface area (Å²) in [6, 6.07) is 9.35. The molecule has 2 aliphatic heterocycles. The van der Waals surface area contributed by atoms with Gasteiger partial charge in [-0.15, -0.1) is 0 Å². The predicted octanol–water partition coefficient (Wildman–Crippen LogP) is 1.04. The van der Waals surface area contributed by atoms with Crippen LogP contribution >= 0.6 is 0 Å². The van der Waals surface area contributed by atoms with Crippen LogP contribution in [0.15, 0.2) is 48.7 Å². The number of carbonyl (C=O) groups is 2. The highest BCUT2D eigenvalue weighted by Crippen LogP contribution is 2.28. The van der Waals surface area contributed by atoms with Crippen LogP contribution in [0.25, 0.3) is 5.69 Å². The standard InChI is InChI=1S/C21H25N5O3/c1-15-11-23-19(27)18-17(12-26(25-18)16-7-3-2-4-8-16)29-10-6-5-9-21(13-22-14-21)20(28)24-15/h2-8,12,15,22H,9-11,13-14H2,1H3,(H,23,27)(H,24,28)/b6-5+/t15-/m1/s1. The van der Waals surface area contributed by atoms with Crippen molar-refractivity contribution in [3.8, 4) is 11.4 Å². The fraction of sp³-hybridized carbons (Fsp3) is 0.381. The molecule has 1 spiro atoms. The Morgan fingerprint density at radius 1 is 1.17 bits per heavy atom. The highest BCUT2D eigenvalue weighted by Gasteiger charge is 2.43. The molecule has 0 radical (unpaired) electrons. The minimum atomic E-state index is -0.428. The first-order valence-electron chi connectivity index (χ1n) is 9.80. The molecule has 0 aliphatic carbocycles. The van der Waals surface area contributed by atoms with Crippen LogP contribution in [0.4, 0.5) is 0 Å². The van der Waals surface area contributed by atoms with Crippen molar-refractivity contribution in [2.75, 3.05) is 26.2 Å². The molecule has 0 saturated carbocycles. The molecule has 3 heterocycles. The van der Waals surface area contributed by atoms with E-state index in [-0.39, 0.29) is 23.6 Å². The van der Waals surface area contributed by atoms with Gasteiger partial charge in [0.15, 0.2) is 11.4 Å². The molecule has 1 atom stereocenters. The van der Waals surface area contributed by atoms with Gasteiger partial charge in [-0.2, -0.15) is 5.10 Å². The second kappa shape index (κ2) is 8.08. The van der Waals surface area contributed by atoms with E-state index in [2.05, 4.69) is 21.0 Å². The summed E-state index contributed by atoms with van der Waals surface area (Å²) < 4.78 is 7.46. The zero-order valence-electron chi connectivity index (χ0n) is 16.4. The molecule has 1 saturated heterocycles. The number of amides is 2. The Kier molecular flexibility index (Phi) is 5.35. The third-order valence-electron chi connectivity index (χ3n) is 5.28. The maximum atomic E-state index is 12.7. The quantitative estimate of drug-likeness (QED) is 0.627. The van der Waals surface area contributed by atoms with E-state index in [1.165, 1.54) is 0 Å². The Balaban J connectivity index is 1.59. The molecular weight excluding hydrogens is 370 g/mol. The Morgan fingerprint density at radius 2 is 1.97 bits per heavy atom. The number of benzene rings is 1. The molecule has 1 aromatic heterocycles. The fourth-order valence-corrected chi connectivity index (χ4v) is 3.43. The van der Waals surface area contributed by atoms with Gasteiger partial charge in [0.1, 0.15) is 6.61 Å². The van der Waals surface area contributed by atoms with Crippen molar-refractivity contribution < 1.29 is 14.3 Å². The lowest BCUT2D eigenvalue weighted by Gasteiger charge is -2.41. The largest absolute Gasteiger partial charge is 0.485 e. The molecule has 152 valence electrons. The van der Waals surface area contributed by atoms with Gasteiger partial charge in [-0.1, -0.05) is 30.4 Å². The van der Waals surface area contributed by atoms with Crippen molar-refractivity contribution in [3.05, 3.63) is 54.4 Å². The molecule has 0 unspecified atom stereocenters. The summed E-state index contributed by atoms with van der Waals surface area (Å²) in [6.45, 7) is 3.78. The lowest BCUT2D eigenvalue weighted by molar-refractivity contribution is -0.134. The monoisotopic (exact) mass is 395 g/mol. The predicted molar refractivity (Wildman–Crippen MR) is 108 cm³/mol. The molecule has 8 heteroatoms. The number of hydrogen-bond donors (Lipinski definition) is 3. The van der Waals surface area contributed by atoms with E-state index < -0.39 is 5.41 Å². The van der Waals surface area contributed by atoms with Crippen molar-refractivity contribution in [2.45, 2.75) is 19.4 Å². The number of carbonyl (C=O) groups excluding carboxylic acids is 2. The molecule has 2 amide bonds. The third kappa shape index (κ3) is 4.02. The topological polar surface area (TPSA) is 97.3 Å². The van der Waals surface area contributed by atoms with E-state index in [1.807, 2.05) is 49.4 Å². The highest BCUT2D eigenvalue weighted by molar-refractivity contribution is 5.95. The summed E-state index contributed by atoms with van der Waals surface area (Å²) in [7, 11) is 0. The Hall–Kier alpha value is -3.13. The van der Waals surface area contributed by atoms with E-state index in [9.17, 15) is 9.59 Å². The van der Waals surface area contributed by atoms with E-state index in [0.717, 1.165) is 5.69 Å². The van der Waals surface area contributed by atoms with Gasteiger partial charge in [0, 0.05) is 25.7 Å². The van der Waals surface area contributed by atoms with Gasteiger partial charge in [0.2, 0.25) is 5.91 Å². The first-order chi connectivity index (χ1) is 14.1. The second-order valence-corrected chi connectivity index (χ2v) is 7.58. The molecule has 2 aliphatic rings. The van der Waals surface area contributed by atoms with Crippen LogP contribution in [0.5, 0.6) is 5.75 Å². The normalized spacial score (nSPS) is 23.0. The number of nitrogens with zero attached hydrogens (tertiary/aromatic N) is 2. The van der Waals surface area contributed by atoms with Crippen molar-refractivity contribution in [1.82, 2.24) is 25.7 Å². The lowest BCUT2D eigenvalue weighted by Crippen LogP contribution is -2.62. The number of hydrogen-bond acceptors (Lipinski definition) is 5. The molecule has 4 rings (SSSR count). The van der Waals surface area contributed by atoms with Gasteiger partial charge >= 0.3 is 0 Å². The first-order valence-corrected chi connectivity index (χ1v) is 9.80. The molecule has 2 aromatic rings. The molecular formula is C21H25N5O3. The number of ether oxygens (including phenoxy) is 1. The maximum absolute atomic E-state index is 12.7. The number of rotatable bonds is 1. The van der Waals surface area contributed by atoms with Crippen LogP contribution in [-0.2, 0) is 4.79 Å². The van der Waals surface area contributed by atoms with Crippen LogP contribution in [0.2, 0.25) is 0 Å². The SMILES string of the molecule is C[C@@H]1CNC(=O)c2nn(-c3ccccc3)cc2OC/C=C/CC2(CNC2)C(=O)N1. The van der Waals surface area contributed by atoms with E-state index in [0.29, 0.717) is 38.4 Å². The van der Waals surface area contributed by atoms with Crippen LogP contribution in [-0.4, -0.2) is 53.9 Å². The van der Waals surface area contributed by atoms with Gasteiger partial charge < -0.3 is 20.7 Å². The molecule has 3 N–H and O–H groups in total. The van der Waals surface area contributed by atoms with Gasteiger partial charge in [0.25, 0.3) is 5.91 Å². The molecule has 1 fully saturated rings. The van der Waals surface area contributed by atoms with E-state index in [1.54, 1.807) is 10.9 Å². The number of nitrogens with one attached hydrogen (secondary N) is 3. The van der Waals surface area contributed by atoms with Crippen LogP contribution in [0.1, 0.15) is 23.8 Å². The summed E-state index contributed by atoms with van der Waals surface area (Å²) in [5, 5.41) is 13.5. The molecule has 29 heavy (non-hydrogen) atoms. The lowest BCUT2D eigenvalue weighted by atomic mass is 9.77. The number of allylic oxidation sites excluding steroid dienone is 1. The average molecular weight is 395 g/mol. The summed E-state index contributed by atoms with van der Waals surface area (Å²) in [4.78, 5) is 25.4. The van der Waals surface area contributed by atoms with Crippen LogP contribution in [0.3, 0.4) is 0 Å². The van der Waals surface area contributed by atoms with Crippen molar-refractivity contribution >= 4 is 11.8 Å². The summed E-state index contributed by atoms with van der Waals surface area (Å²) in [6.07, 6.45) is 6.21. The Bertz CT molecular complexity index is 918. The van der Waals surface area contributed by atoms with E-state index >= 15 is 0 Å². The van der Waals surface area contributed by atoms with Gasteiger partial charge in [-0.3, -0.25) is 9.59 Å². The summed E-state index contributed by atoms with van der Waals surface area (Å²) >= 11 is 0. The number of aromatic nitrogens is 2. The molecule has 0 bridgehead atoms. The minimum absolute atomic E-state index is 0.00895. The smallest absolute Gasteiger partial charge is 0.275 e. The van der Waals surface area contributed by atoms with Crippen LogP contribution in [0, 0.1) is 5.41 Å². The molecule has 1 aromatic carbocycles. The second-order valence-electron chi connectivity index (χ2n) is 7.58. The zero-order chi connectivity index (χ0) is 20.3. The van der Waals surface area contributed by atoms with Gasteiger partial charge in [-0.05, 0) is 25.5 Å². The van der Waals surface area contributed by atoms with Crippen molar-refractivity contribution in [2.24, 2.45) is 5.41 Å². The number of fused-ring (bicyclic) bond motifs is 1. The highest BCUT2D eigenvalue weighted by atomic mass is 16.5. The molecule has 8 nitrogen and oxygen atoms in total. The minimum Gasteiger partial charge on any atom is -0.485 e. The van der Waals surface area contributed by atoms with Crippen molar-refractivity contribution in [1.29, 1.82) is 0 Å². The fourth-order valence-electron chi connectivity index (χ4n) is 3.43. The van der Waals surface area contributed by atoms with Gasteiger partial charge in [-0.25, -0.2) is 4.68 Å².